The van der Waals surface area contributed by atoms with Crippen molar-refractivity contribution < 1.29 is 32.2 Å². The number of rotatable bonds is 9. The number of hydrogen-bond acceptors (Lipinski definition) is 7. The van der Waals surface area contributed by atoms with Gasteiger partial charge in [0.15, 0.2) is 5.78 Å². The van der Waals surface area contributed by atoms with E-state index in [0.29, 0.717) is 17.9 Å². The van der Waals surface area contributed by atoms with Gasteiger partial charge in [-0.15, -0.1) is 0 Å². The fourth-order valence-electron chi connectivity index (χ4n) is 3.81. The van der Waals surface area contributed by atoms with E-state index in [1.807, 2.05) is 6.92 Å². The lowest BCUT2D eigenvalue weighted by molar-refractivity contribution is 0.0449. The van der Waals surface area contributed by atoms with Gasteiger partial charge in [0.1, 0.15) is 29.6 Å². The lowest BCUT2D eigenvalue weighted by Crippen LogP contribution is -2.42. The van der Waals surface area contributed by atoms with Crippen LogP contribution in [0.1, 0.15) is 53.8 Å². The molecule has 0 bridgehead atoms. The summed E-state index contributed by atoms with van der Waals surface area (Å²) in [5.41, 5.74) is 0.545. The highest BCUT2D eigenvalue weighted by Crippen LogP contribution is 2.32. The van der Waals surface area contributed by atoms with E-state index in [-0.39, 0.29) is 41.2 Å². The molecule has 9 heteroatoms. The molecule has 1 aliphatic rings. The van der Waals surface area contributed by atoms with Crippen molar-refractivity contribution in [1.82, 2.24) is 4.31 Å². The lowest BCUT2D eigenvalue weighted by Gasteiger charge is -2.32. The largest absolute Gasteiger partial charge is 0.495 e. The number of benzene rings is 2. The Kier molecular flexibility index (Phi) is 8.10. The van der Waals surface area contributed by atoms with E-state index in [0.717, 1.165) is 19.3 Å². The minimum Gasteiger partial charge on any atom is -0.495 e. The first-order valence-corrected chi connectivity index (χ1v) is 12.3. The van der Waals surface area contributed by atoms with Crippen LogP contribution in [0.3, 0.4) is 0 Å². The number of piperidine rings is 1. The summed E-state index contributed by atoms with van der Waals surface area (Å²) < 4.78 is 44.2. The molecule has 0 amide bonds. The first-order chi connectivity index (χ1) is 15.8. The third-order valence-electron chi connectivity index (χ3n) is 5.57. The van der Waals surface area contributed by atoms with E-state index >= 15 is 0 Å². The molecule has 2 aromatic rings. The zero-order chi connectivity index (χ0) is 24.0. The summed E-state index contributed by atoms with van der Waals surface area (Å²) in [6, 6.07) is 10.9. The molecule has 1 atom stereocenters. The Morgan fingerprint density at radius 3 is 2.52 bits per heavy atom. The molecule has 8 nitrogen and oxygen atoms in total. The van der Waals surface area contributed by atoms with Gasteiger partial charge in [0.2, 0.25) is 10.0 Å². The Balaban J connectivity index is 1.70. The molecule has 0 saturated carbocycles. The van der Waals surface area contributed by atoms with Crippen LogP contribution < -0.4 is 9.47 Å². The standard InChI is InChI=1S/C24H29NO7S/c1-17-8-6-7-13-25(17)33(28,29)23-16-19(11-12-22(23)30-3)24(27)32-15-14-31-21-10-5-4-9-20(21)18(2)26/h4-5,9-12,16-17H,6-8,13-15H2,1-3H3/t17-/m0/s1. The molecule has 0 N–H and O–H groups in total. The molecular weight excluding hydrogens is 446 g/mol. The first kappa shape index (κ1) is 24.7. The minimum atomic E-state index is -3.84. The molecule has 3 rings (SSSR count). The molecule has 0 unspecified atom stereocenters. The number of ether oxygens (including phenoxy) is 3. The second-order valence-electron chi connectivity index (χ2n) is 7.86. The quantitative estimate of drug-likeness (QED) is 0.310. The molecular formula is C24H29NO7S. The maximum Gasteiger partial charge on any atom is 0.338 e. The van der Waals surface area contributed by atoms with Crippen molar-refractivity contribution in [2.24, 2.45) is 0 Å². The van der Waals surface area contributed by atoms with Crippen molar-refractivity contribution >= 4 is 21.8 Å². The topological polar surface area (TPSA) is 99.2 Å². The monoisotopic (exact) mass is 475 g/mol. The fourth-order valence-corrected chi connectivity index (χ4v) is 5.70. The molecule has 0 spiro atoms. The van der Waals surface area contributed by atoms with Gasteiger partial charge in [0.05, 0.1) is 18.2 Å². The Morgan fingerprint density at radius 2 is 1.82 bits per heavy atom. The number of sulfonamides is 1. The van der Waals surface area contributed by atoms with Crippen LogP contribution in [0.2, 0.25) is 0 Å². The van der Waals surface area contributed by atoms with Crippen molar-refractivity contribution in [2.45, 2.75) is 44.0 Å². The summed E-state index contributed by atoms with van der Waals surface area (Å²) in [6.07, 6.45) is 2.56. The Labute approximate surface area is 194 Å². The van der Waals surface area contributed by atoms with Gasteiger partial charge in [-0.3, -0.25) is 4.79 Å². The van der Waals surface area contributed by atoms with Crippen LogP contribution >= 0.6 is 0 Å². The molecule has 0 radical (unpaired) electrons. The van der Waals surface area contributed by atoms with Crippen molar-refractivity contribution in [1.29, 1.82) is 0 Å². The molecule has 1 heterocycles. The van der Waals surface area contributed by atoms with Crippen LogP contribution in [0.25, 0.3) is 0 Å². The fraction of sp³-hybridized carbons (Fsp3) is 0.417. The number of esters is 1. The highest BCUT2D eigenvalue weighted by Gasteiger charge is 2.33. The second-order valence-corrected chi connectivity index (χ2v) is 9.72. The molecule has 0 aliphatic carbocycles. The van der Waals surface area contributed by atoms with Gasteiger partial charge in [-0.25, -0.2) is 13.2 Å². The van der Waals surface area contributed by atoms with Gasteiger partial charge in [-0.05, 0) is 57.0 Å². The summed E-state index contributed by atoms with van der Waals surface area (Å²) in [5.74, 6) is -0.218. The maximum absolute atomic E-state index is 13.3. The van der Waals surface area contributed by atoms with Crippen LogP contribution in [-0.2, 0) is 14.8 Å². The average molecular weight is 476 g/mol. The molecule has 178 valence electrons. The molecule has 0 aromatic heterocycles. The van der Waals surface area contributed by atoms with Crippen LogP contribution in [0.5, 0.6) is 11.5 Å². The third kappa shape index (κ3) is 5.72. The summed E-state index contributed by atoms with van der Waals surface area (Å²) in [5, 5.41) is 0. The minimum absolute atomic E-state index is 0.0443. The second kappa shape index (κ2) is 10.8. The van der Waals surface area contributed by atoms with Gasteiger partial charge in [0.25, 0.3) is 0 Å². The number of carbonyl (C=O) groups excluding carboxylic acids is 2. The number of methoxy groups -OCH3 is 1. The van der Waals surface area contributed by atoms with Crippen molar-refractivity contribution in [3.63, 3.8) is 0 Å². The number of nitrogens with zero attached hydrogens (tertiary/aromatic N) is 1. The summed E-state index contributed by atoms with van der Waals surface area (Å²) in [4.78, 5) is 24.2. The van der Waals surface area contributed by atoms with Crippen LogP contribution in [0, 0.1) is 0 Å². The zero-order valence-electron chi connectivity index (χ0n) is 19.1. The van der Waals surface area contributed by atoms with Gasteiger partial charge in [0, 0.05) is 12.6 Å². The van der Waals surface area contributed by atoms with Crippen molar-refractivity contribution in [2.75, 3.05) is 26.9 Å². The van der Waals surface area contributed by atoms with Gasteiger partial charge in [-0.1, -0.05) is 18.6 Å². The van der Waals surface area contributed by atoms with E-state index < -0.39 is 16.0 Å². The summed E-state index contributed by atoms with van der Waals surface area (Å²) in [6.45, 7) is 3.74. The third-order valence-corrected chi connectivity index (χ3v) is 7.60. The van der Waals surface area contributed by atoms with Crippen LogP contribution in [-0.4, -0.2) is 57.4 Å². The number of ketones is 1. The maximum atomic E-state index is 13.3. The first-order valence-electron chi connectivity index (χ1n) is 10.9. The average Bonchev–Trinajstić information content (AvgIpc) is 2.81. The SMILES string of the molecule is COc1ccc(C(=O)OCCOc2ccccc2C(C)=O)cc1S(=O)(=O)N1CCCC[C@@H]1C. The summed E-state index contributed by atoms with van der Waals surface area (Å²) in [7, 11) is -2.45. The zero-order valence-corrected chi connectivity index (χ0v) is 19.9. The van der Waals surface area contributed by atoms with Gasteiger partial charge < -0.3 is 14.2 Å². The molecule has 1 saturated heterocycles. The van der Waals surface area contributed by atoms with Crippen LogP contribution in [0.4, 0.5) is 0 Å². The van der Waals surface area contributed by atoms with E-state index in [2.05, 4.69) is 0 Å². The predicted octanol–water partition coefficient (Wildman–Crippen LogP) is 3.70. The smallest absolute Gasteiger partial charge is 0.338 e. The van der Waals surface area contributed by atoms with Gasteiger partial charge in [-0.2, -0.15) is 4.31 Å². The highest BCUT2D eigenvalue weighted by molar-refractivity contribution is 7.89. The Hall–Kier alpha value is -2.91. The number of hydrogen-bond donors (Lipinski definition) is 0. The van der Waals surface area contributed by atoms with Crippen LogP contribution in [0.15, 0.2) is 47.4 Å². The number of para-hydroxylation sites is 1. The van der Waals surface area contributed by atoms with Crippen molar-refractivity contribution in [3.8, 4) is 11.5 Å². The van der Waals surface area contributed by atoms with E-state index in [4.69, 9.17) is 14.2 Å². The molecule has 1 aliphatic heterocycles. The predicted molar refractivity (Wildman–Crippen MR) is 122 cm³/mol. The van der Waals surface area contributed by atoms with E-state index in [9.17, 15) is 18.0 Å². The number of carbonyl (C=O) groups is 2. The van der Waals surface area contributed by atoms with Crippen molar-refractivity contribution in [3.05, 3.63) is 53.6 Å². The lowest BCUT2D eigenvalue weighted by atomic mass is 10.1. The molecule has 33 heavy (non-hydrogen) atoms. The van der Waals surface area contributed by atoms with E-state index in [1.54, 1.807) is 24.3 Å². The van der Waals surface area contributed by atoms with E-state index in [1.165, 1.54) is 36.5 Å². The summed E-state index contributed by atoms with van der Waals surface area (Å²) >= 11 is 0. The Morgan fingerprint density at radius 1 is 1.06 bits per heavy atom. The number of Topliss-reactive ketones (excluding diaryl/α,β-unsaturated/α-hetero) is 1. The molecule has 1 fully saturated rings. The van der Waals surface area contributed by atoms with Gasteiger partial charge >= 0.3 is 5.97 Å². The molecule has 2 aromatic carbocycles. The normalized spacial score (nSPS) is 16.8. The Bertz CT molecular complexity index is 1110. The highest BCUT2D eigenvalue weighted by atomic mass is 32.2.